The van der Waals surface area contributed by atoms with Gasteiger partial charge in [-0.3, -0.25) is 10.1 Å². The molecule has 0 aromatic heterocycles. The van der Waals surface area contributed by atoms with Crippen LogP contribution in [0.1, 0.15) is 25.3 Å². The van der Waals surface area contributed by atoms with Crippen LogP contribution in [0.2, 0.25) is 0 Å². The van der Waals surface area contributed by atoms with Crippen molar-refractivity contribution in [1.29, 1.82) is 0 Å². The summed E-state index contributed by atoms with van der Waals surface area (Å²) in [5.41, 5.74) is 9.08. The molecule has 0 bridgehead atoms. The number of hydrogen-bond donors (Lipinski definition) is 2. The van der Waals surface area contributed by atoms with Gasteiger partial charge in [-0.2, -0.15) is 0 Å². The minimum absolute atomic E-state index is 0.00652. The number of hydrogen-bond acceptors (Lipinski definition) is 4. The standard InChI is InChI=1S/C16H19N3O2/c1-2-3-4-12-5-7-13(8-6-12)18-16-10-9-14(19(20)21)11-15(16)17/h5-11,18H,2-4,17H2,1H3. The fourth-order valence-electron chi connectivity index (χ4n) is 2.07. The third-order valence-corrected chi connectivity index (χ3v) is 3.30. The zero-order valence-corrected chi connectivity index (χ0v) is 12.0. The van der Waals surface area contributed by atoms with Crippen LogP contribution in [0.15, 0.2) is 42.5 Å². The highest BCUT2D eigenvalue weighted by Crippen LogP contribution is 2.27. The van der Waals surface area contributed by atoms with Crippen LogP contribution in [-0.4, -0.2) is 4.92 Å². The van der Waals surface area contributed by atoms with Gasteiger partial charge in [0.2, 0.25) is 0 Å². The first kappa shape index (κ1) is 14.8. The summed E-state index contributed by atoms with van der Waals surface area (Å²) in [6.07, 6.45) is 3.44. The molecule has 0 spiro atoms. The van der Waals surface area contributed by atoms with E-state index < -0.39 is 4.92 Å². The van der Waals surface area contributed by atoms with Gasteiger partial charge in [0, 0.05) is 17.8 Å². The number of nitrogens with one attached hydrogen (secondary N) is 1. The highest BCUT2D eigenvalue weighted by atomic mass is 16.6. The quantitative estimate of drug-likeness (QED) is 0.472. The van der Waals surface area contributed by atoms with Gasteiger partial charge in [-0.25, -0.2) is 0 Å². The summed E-state index contributed by atoms with van der Waals surface area (Å²) in [4.78, 5) is 10.2. The largest absolute Gasteiger partial charge is 0.397 e. The van der Waals surface area contributed by atoms with E-state index in [0.29, 0.717) is 11.4 Å². The average molecular weight is 285 g/mol. The number of nitro benzene ring substituents is 1. The number of aryl methyl sites for hydroxylation is 1. The minimum atomic E-state index is -0.456. The van der Waals surface area contributed by atoms with Gasteiger partial charge in [-0.15, -0.1) is 0 Å². The molecule has 110 valence electrons. The van der Waals surface area contributed by atoms with E-state index in [9.17, 15) is 10.1 Å². The number of unbranched alkanes of at least 4 members (excludes halogenated alkanes) is 1. The van der Waals surface area contributed by atoms with Crippen LogP contribution in [-0.2, 0) is 6.42 Å². The summed E-state index contributed by atoms with van der Waals surface area (Å²) in [6, 6.07) is 12.6. The summed E-state index contributed by atoms with van der Waals surface area (Å²) in [5, 5.41) is 13.9. The van der Waals surface area contributed by atoms with Crippen LogP contribution in [0, 0.1) is 10.1 Å². The maximum Gasteiger partial charge on any atom is 0.271 e. The van der Waals surface area contributed by atoms with Gasteiger partial charge in [-0.05, 0) is 36.6 Å². The normalized spacial score (nSPS) is 10.3. The highest BCUT2D eigenvalue weighted by Gasteiger charge is 2.08. The molecule has 0 atom stereocenters. The van der Waals surface area contributed by atoms with Crippen LogP contribution in [0.3, 0.4) is 0 Å². The number of benzene rings is 2. The first-order valence-corrected chi connectivity index (χ1v) is 7.00. The van der Waals surface area contributed by atoms with Crippen LogP contribution in [0.5, 0.6) is 0 Å². The molecule has 0 amide bonds. The molecule has 0 aliphatic rings. The molecule has 0 heterocycles. The zero-order chi connectivity index (χ0) is 15.2. The van der Waals surface area contributed by atoms with Crippen molar-refractivity contribution in [1.82, 2.24) is 0 Å². The van der Waals surface area contributed by atoms with E-state index in [0.717, 1.165) is 12.1 Å². The van der Waals surface area contributed by atoms with E-state index in [1.165, 1.54) is 30.5 Å². The molecule has 0 aliphatic heterocycles. The Balaban J connectivity index is 2.09. The van der Waals surface area contributed by atoms with Gasteiger partial charge < -0.3 is 11.1 Å². The molecular formula is C16H19N3O2. The summed E-state index contributed by atoms with van der Waals surface area (Å²) in [6.45, 7) is 2.17. The Labute approximate surface area is 123 Å². The lowest BCUT2D eigenvalue weighted by Crippen LogP contribution is -1.98. The van der Waals surface area contributed by atoms with Crippen LogP contribution in [0.25, 0.3) is 0 Å². The number of anilines is 3. The molecule has 21 heavy (non-hydrogen) atoms. The fourth-order valence-corrected chi connectivity index (χ4v) is 2.07. The van der Waals surface area contributed by atoms with Gasteiger partial charge in [0.15, 0.2) is 0 Å². The van der Waals surface area contributed by atoms with E-state index in [-0.39, 0.29) is 5.69 Å². The first-order valence-electron chi connectivity index (χ1n) is 7.00. The Morgan fingerprint density at radius 2 is 1.90 bits per heavy atom. The van der Waals surface area contributed by atoms with Gasteiger partial charge in [0.05, 0.1) is 16.3 Å². The Kier molecular flexibility index (Phi) is 4.77. The Hall–Kier alpha value is -2.56. The number of non-ortho nitro benzene ring substituents is 1. The molecule has 2 rings (SSSR count). The number of nitrogens with zero attached hydrogens (tertiary/aromatic N) is 1. The van der Waals surface area contributed by atoms with Crippen molar-refractivity contribution < 1.29 is 4.92 Å². The molecule has 0 fully saturated rings. The first-order chi connectivity index (χ1) is 10.1. The van der Waals surface area contributed by atoms with E-state index in [1.807, 2.05) is 12.1 Å². The molecular weight excluding hydrogens is 266 g/mol. The van der Waals surface area contributed by atoms with Crippen molar-refractivity contribution in [3.05, 3.63) is 58.1 Å². The van der Waals surface area contributed by atoms with Crippen LogP contribution < -0.4 is 11.1 Å². The lowest BCUT2D eigenvalue weighted by molar-refractivity contribution is -0.384. The average Bonchev–Trinajstić information content (AvgIpc) is 2.48. The van der Waals surface area contributed by atoms with Crippen molar-refractivity contribution in [2.24, 2.45) is 0 Å². The molecule has 0 unspecified atom stereocenters. The second-order valence-corrected chi connectivity index (χ2v) is 4.95. The van der Waals surface area contributed by atoms with E-state index in [2.05, 4.69) is 24.4 Å². The Morgan fingerprint density at radius 3 is 2.48 bits per heavy atom. The van der Waals surface area contributed by atoms with E-state index in [1.54, 1.807) is 6.07 Å². The lowest BCUT2D eigenvalue weighted by atomic mass is 10.1. The maximum absolute atomic E-state index is 10.7. The SMILES string of the molecule is CCCCc1ccc(Nc2ccc([N+](=O)[O-])cc2N)cc1. The smallest absolute Gasteiger partial charge is 0.271 e. The number of nitrogens with two attached hydrogens (primary N) is 1. The van der Waals surface area contributed by atoms with Crippen molar-refractivity contribution >= 4 is 22.7 Å². The van der Waals surface area contributed by atoms with Crippen molar-refractivity contribution in [3.63, 3.8) is 0 Å². The predicted molar refractivity (Wildman–Crippen MR) is 85.8 cm³/mol. The molecule has 0 radical (unpaired) electrons. The Morgan fingerprint density at radius 1 is 1.19 bits per heavy atom. The molecule has 3 N–H and O–H groups in total. The number of nitrogen functional groups attached to an aromatic ring is 1. The van der Waals surface area contributed by atoms with E-state index in [4.69, 9.17) is 5.73 Å². The monoisotopic (exact) mass is 285 g/mol. The lowest BCUT2D eigenvalue weighted by Gasteiger charge is -2.10. The topological polar surface area (TPSA) is 81.2 Å². The van der Waals surface area contributed by atoms with Crippen LogP contribution >= 0.6 is 0 Å². The summed E-state index contributed by atoms with van der Waals surface area (Å²) >= 11 is 0. The van der Waals surface area contributed by atoms with Crippen molar-refractivity contribution in [3.8, 4) is 0 Å². The number of rotatable bonds is 6. The van der Waals surface area contributed by atoms with Gasteiger partial charge in [0.25, 0.3) is 5.69 Å². The third kappa shape index (κ3) is 3.95. The molecule has 5 nitrogen and oxygen atoms in total. The summed E-state index contributed by atoms with van der Waals surface area (Å²) < 4.78 is 0. The third-order valence-electron chi connectivity index (χ3n) is 3.30. The van der Waals surface area contributed by atoms with Crippen molar-refractivity contribution in [2.45, 2.75) is 26.2 Å². The number of nitro groups is 1. The highest BCUT2D eigenvalue weighted by molar-refractivity contribution is 5.74. The summed E-state index contributed by atoms with van der Waals surface area (Å²) in [7, 11) is 0. The molecule has 0 saturated carbocycles. The second kappa shape index (κ2) is 6.74. The molecule has 0 saturated heterocycles. The minimum Gasteiger partial charge on any atom is -0.397 e. The van der Waals surface area contributed by atoms with Gasteiger partial charge in [0.1, 0.15) is 0 Å². The van der Waals surface area contributed by atoms with Crippen molar-refractivity contribution in [2.75, 3.05) is 11.1 Å². The summed E-state index contributed by atoms with van der Waals surface area (Å²) in [5.74, 6) is 0. The van der Waals surface area contributed by atoms with Gasteiger partial charge >= 0.3 is 0 Å². The zero-order valence-electron chi connectivity index (χ0n) is 12.0. The predicted octanol–water partition coefficient (Wildman–Crippen LogP) is 4.26. The second-order valence-electron chi connectivity index (χ2n) is 4.95. The van der Waals surface area contributed by atoms with Gasteiger partial charge in [-0.1, -0.05) is 25.5 Å². The van der Waals surface area contributed by atoms with Crippen LogP contribution in [0.4, 0.5) is 22.7 Å². The maximum atomic E-state index is 10.7. The molecule has 2 aromatic carbocycles. The Bertz CT molecular complexity index is 624. The molecule has 5 heteroatoms. The molecule has 0 aliphatic carbocycles. The van der Waals surface area contributed by atoms with E-state index >= 15 is 0 Å². The fraction of sp³-hybridized carbons (Fsp3) is 0.250. The molecule has 2 aromatic rings.